The summed E-state index contributed by atoms with van der Waals surface area (Å²) in [6, 6.07) is 12.5. The van der Waals surface area contributed by atoms with Gasteiger partial charge in [0, 0.05) is 24.7 Å². The maximum Gasteiger partial charge on any atom is 0.243 e. The number of hydrogen-bond donors (Lipinski definition) is 1. The molecule has 32 heavy (non-hydrogen) atoms. The summed E-state index contributed by atoms with van der Waals surface area (Å²) in [4.78, 5) is 27.3. The van der Waals surface area contributed by atoms with Gasteiger partial charge in [-0.25, -0.2) is 8.42 Å². The molecule has 2 amide bonds. The third-order valence-corrected chi connectivity index (χ3v) is 7.02. The van der Waals surface area contributed by atoms with E-state index in [1.54, 1.807) is 6.92 Å². The molecule has 0 aliphatic carbocycles. The van der Waals surface area contributed by atoms with E-state index in [0.29, 0.717) is 5.02 Å². The van der Waals surface area contributed by atoms with Crippen molar-refractivity contribution >= 4 is 33.4 Å². The van der Waals surface area contributed by atoms with Gasteiger partial charge in [0.25, 0.3) is 0 Å². The van der Waals surface area contributed by atoms with E-state index in [0.717, 1.165) is 15.4 Å². The van der Waals surface area contributed by atoms with Crippen molar-refractivity contribution < 1.29 is 18.0 Å². The second-order valence-corrected chi connectivity index (χ2v) is 10.5. The van der Waals surface area contributed by atoms with Gasteiger partial charge in [0.05, 0.1) is 11.4 Å². The number of sulfonamides is 1. The fourth-order valence-corrected chi connectivity index (χ4v) is 4.28. The van der Waals surface area contributed by atoms with Gasteiger partial charge >= 0.3 is 0 Å². The Hall–Kier alpha value is -2.42. The zero-order valence-electron chi connectivity index (χ0n) is 19.0. The summed E-state index contributed by atoms with van der Waals surface area (Å²) in [6.07, 6.45) is 0. The number of nitrogens with one attached hydrogen (secondary N) is 1. The predicted octanol–water partition coefficient (Wildman–Crippen LogP) is 3.21. The van der Waals surface area contributed by atoms with Crippen LogP contribution in [0.15, 0.2) is 53.4 Å². The van der Waals surface area contributed by atoms with Crippen LogP contribution < -0.4 is 5.32 Å². The summed E-state index contributed by atoms with van der Waals surface area (Å²) in [7, 11) is -2.56. The Kier molecular flexibility index (Phi) is 8.83. The Balaban J connectivity index is 2.26. The first-order valence-corrected chi connectivity index (χ1v) is 12.1. The highest BCUT2D eigenvalue weighted by atomic mass is 35.5. The first-order chi connectivity index (χ1) is 14.9. The molecule has 0 saturated heterocycles. The number of likely N-dealkylation sites (N-methyl/N-ethyl adjacent to an activating group) is 1. The van der Waals surface area contributed by atoms with Crippen molar-refractivity contribution in [2.45, 2.75) is 51.2 Å². The molecular weight excluding hydrogens is 450 g/mol. The molecule has 174 valence electrons. The van der Waals surface area contributed by atoms with Crippen molar-refractivity contribution in [2.75, 3.05) is 13.6 Å². The molecule has 0 aromatic heterocycles. The molecule has 0 aliphatic rings. The average molecular weight is 480 g/mol. The fourth-order valence-electron chi connectivity index (χ4n) is 3.03. The van der Waals surface area contributed by atoms with E-state index >= 15 is 0 Å². The predicted molar refractivity (Wildman–Crippen MR) is 126 cm³/mol. The van der Waals surface area contributed by atoms with Crippen LogP contribution in [0.3, 0.4) is 0 Å². The van der Waals surface area contributed by atoms with E-state index in [1.807, 2.05) is 45.0 Å². The van der Waals surface area contributed by atoms with Gasteiger partial charge in [-0.3, -0.25) is 9.59 Å². The van der Waals surface area contributed by atoms with E-state index in [2.05, 4.69) is 5.32 Å². The van der Waals surface area contributed by atoms with Gasteiger partial charge in [-0.2, -0.15) is 4.31 Å². The number of hydrogen-bond acceptors (Lipinski definition) is 4. The van der Waals surface area contributed by atoms with Crippen molar-refractivity contribution in [2.24, 2.45) is 0 Å². The van der Waals surface area contributed by atoms with Crippen LogP contribution >= 0.6 is 11.6 Å². The monoisotopic (exact) mass is 479 g/mol. The minimum Gasteiger partial charge on any atom is -0.352 e. The Bertz CT molecular complexity index is 1040. The lowest BCUT2D eigenvalue weighted by atomic mass is 10.1. The smallest absolute Gasteiger partial charge is 0.243 e. The van der Waals surface area contributed by atoms with Crippen molar-refractivity contribution in [3.63, 3.8) is 0 Å². The number of carbonyl (C=O) groups excluding carboxylic acids is 2. The van der Waals surface area contributed by atoms with Crippen LogP contribution in [0.4, 0.5) is 0 Å². The Labute approximate surface area is 195 Å². The zero-order valence-corrected chi connectivity index (χ0v) is 20.6. The van der Waals surface area contributed by atoms with Gasteiger partial charge in [0.2, 0.25) is 21.8 Å². The normalized spacial score (nSPS) is 12.6. The topological polar surface area (TPSA) is 86.8 Å². The molecule has 9 heteroatoms. The van der Waals surface area contributed by atoms with Gasteiger partial charge in [0.15, 0.2) is 0 Å². The molecular formula is C23H30ClN3O4S. The number of carbonyl (C=O) groups is 2. The molecule has 0 bridgehead atoms. The molecule has 0 aliphatic heterocycles. The molecule has 1 N–H and O–H groups in total. The minimum atomic E-state index is -3.90. The van der Waals surface area contributed by atoms with Gasteiger partial charge in [-0.15, -0.1) is 0 Å². The van der Waals surface area contributed by atoms with Crippen LogP contribution in [0.25, 0.3) is 0 Å². The van der Waals surface area contributed by atoms with E-state index in [1.165, 1.54) is 36.2 Å². The molecule has 0 saturated carbocycles. The maximum absolute atomic E-state index is 13.2. The molecule has 0 spiro atoms. The second-order valence-electron chi connectivity index (χ2n) is 8.06. The van der Waals surface area contributed by atoms with Crippen molar-refractivity contribution in [1.82, 2.24) is 14.5 Å². The van der Waals surface area contributed by atoms with Gasteiger partial charge in [-0.1, -0.05) is 41.4 Å². The molecule has 7 nitrogen and oxygen atoms in total. The number of halogens is 1. The molecule has 0 fully saturated rings. The van der Waals surface area contributed by atoms with Crippen molar-refractivity contribution in [1.29, 1.82) is 0 Å². The molecule has 2 aromatic rings. The van der Waals surface area contributed by atoms with E-state index in [9.17, 15) is 18.0 Å². The molecule has 1 atom stereocenters. The molecule has 2 rings (SSSR count). The summed E-state index contributed by atoms with van der Waals surface area (Å²) >= 11 is 5.85. The van der Waals surface area contributed by atoms with Crippen molar-refractivity contribution in [3.05, 3.63) is 64.7 Å². The maximum atomic E-state index is 13.2. The fraction of sp³-hybridized carbons (Fsp3) is 0.391. The van der Waals surface area contributed by atoms with Crippen LogP contribution in [0.5, 0.6) is 0 Å². The molecule has 0 unspecified atom stereocenters. The van der Waals surface area contributed by atoms with Crippen LogP contribution in [-0.2, 0) is 26.2 Å². The summed E-state index contributed by atoms with van der Waals surface area (Å²) < 4.78 is 26.7. The highest BCUT2D eigenvalue weighted by Gasteiger charge is 2.30. The molecule has 0 heterocycles. The lowest BCUT2D eigenvalue weighted by Crippen LogP contribution is -2.51. The summed E-state index contributed by atoms with van der Waals surface area (Å²) in [5.41, 5.74) is 1.92. The zero-order chi connectivity index (χ0) is 24.1. The number of benzene rings is 2. The van der Waals surface area contributed by atoms with E-state index in [4.69, 9.17) is 11.6 Å². The number of rotatable bonds is 9. The highest BCUT2D eigenvalue weighted by molar-refractivity contribution is 7.89. The number of amides is 2. The Morgan fingerprint density at radius 3 is 2.09 bits per heavy atom. The summed E-state index contributed by atoms with van der Waals surface area (Å²) in [5, 5.41) is 3.22. The standard InChI is InChI=1S/C23H30ClN3O4S/c1-16(2)25-23(29)18(4)27(14-19-8-6-17(3)7-9-19)22(28)15-26(5)32(30,31)21-12-10-20(24)11-13-21/h6-13,16,18H,14-15H2,1-5H3,(H,25,29)/t18-/m1/s1. The lowest BCUT2D eigenvalue weighted by molar-refractivity contribution is -0.140. The SMILES string of the molecule is Cc1ccc(CN(C(=O)CN(C)S(=O)(=O)c2ccc(Cl)cc2)[C@H](C)C(=O)NC(C)C)cc1. The minimum absolute atomic E-state index is 0.0351. The molecule has 2 aromatic carbocycles. The van der Waals surface area contributed by atoms with Crippen LogP contribution in [-0.4, -0.2) is 55.1 Å². The third-order valence-electron chi connectivity index (χ3n) is 4.95. The highest BCUT2D eigenvalue weighted by Crippen LogP contribution is 2.18. The third kappa shape index (κ3) is 6.79. The van der Waals surface area contributed by atoms with Gasteiger partial charge in [0.1, 0.15) is 6.04 Å². The second kappa shape index (κ2) is 10.9. The quantitative estimate of drug-likeness (QED) is 0.598. The first-order valence-electron chi connectivity index (χ1n) is 10.3. The summed E-state index contributed by atoms with van der Waals surface area (Å²) in [5.74, 6) is -0.777. The first kappa shape index (κ1) is 25.8. The summed E-state index contributed by atoms with van der Waals surface area (Å²) in [6.45, 7) is 7.04. The molecule has 0 radical (unpaired) electrons. The van der Waals surface area contributed by atoms with E-state index in [-0.39, 0.29) is 23.4 Å². The van der Waals surface area contributed by atoms with Crippen LogP contribution in [0, 0.1) is 6.92 Å². The number of aryl methyl sites for hydroxylation is 1. The van der Waals surface area contributed by atoms with Gasteiger partial charge in [-0.05, 0) is 57.5 Å². The lowest BCUT2D eigenvalue weighted by Gasteiger charge is -2.30. The Morgan fingerprint density at radius 2 is 1.56 bits per heavy atom. The largest absolute Gasteiger partial charge is 0.352 e. The van der Waals surface area contributed by atoms with Crippen molar-refractivity contribution in [3.8, 4) is 0 Å². The van der Waals surface area contributed by atoms with Crippen LogP contribution in [0.2, 0.25) is 5.02 Å². The van der Waals surface area contributed by atoms with Crippen LogP contribution in [0.1, 0.15) is 31.9 Å². The van der Waals surface area contributed by atoms with E-state index < -0.39 is 28.5 Å². The average Bonchev–Trinajstić information content (AvgIpc) is 2.72. The van der Waals surface area contributed by atoms with Gasteiger partial charge < -0.3 is 10.2 Å². The number of nitrogens with zero attached hydrogens (tertiary/aromatic N) is 2. The Morgan fingerprint density at radius 1 is 1.00 bits per heavy atom.